The zero-order valence-corrected chi connectivity index (χ0v) is 15.9. The number of hydrogen-bond donors (Lipinski definition) is 1. The molecule has 23 heavy (non-hydrogen) atoms. The number of nitrogens with zero attached hydrogens (tertiary/aromatic N) is 3. The van der Waals surface area contributed by atoms with Gasteiger partial charge in [0.25, 0.3) is 0 Å². The highest BCUT2D eigenvalue weighted by Gasteiger charge is 2.09. The molecule has 0 aliphatic heterocycles. The van der Waals surface area contributed by atoms with E-state index in [2.05, 4.69) is 60.0 Å². The molecule has 4 nitrogen and oxygen atoms in total. The van der Waals surface area contributed by atoms with Gasteiger partial charge in [0.15, 0.2) is 0 Å². The molecule has 0 amide bonds. The fourth-order valence-electron chi connectivity index (χ4n) is 2.74. The van der Waals surface area contributed by atoms with E-state index >= 15 is 0 Å². The van der Waals surface area contributed by atoms with E-state index in [0.29, 0.717) is 5.28 Å². The minimum Gasteiger partial charge on any atom is -0.369 e. The molecule has 1 N–H and O–H groups in total. The predicted molar refractivity (Wildman–Crippen MR) is 102 cm³/mol. The number of hydrogen-bond acceptors (Lipinski definition) is 4. The molecule has 0 fully saturated rings. The number of halogens is 2. The van der Waals surface area contributed by atoms with Crippen LogP contribution in [0.1, 0.15) is 31.4 Å². The summed E-state index contributed by atoms with van der Waals surface area (Å²) in [6, 6.07) is 4.24. The van der Waals surface area contributed by atoms with Crippen molar-refractivity contribution in [1.82, 2.24) is 14.9 Å². The summed E-state index contributed by atoms with van der Waals surface area (Å²) in [7, 11) is 0. The normalized spacial score (nSPS) is 10.9. The van der Waals surface area contributed by atoms with Gasteiger partial charge in [-0.1, -0.05) is 19.9 Å². The third-order valence-electron chi connectivity index (χ3n) is 3.95. The third kappa shape index (κ3) is 5.20. The van der Waals surface area contributed by atoms with Gasteiger partial charge in [-0.2, -0.15) is 0 Å². The number of aryl methyl sites for hydroxylation is 2. The molecule has 6 heteroatoms. The smallest absolute Gasteiger partial charge is 0.224 e. The number of anilines is 1. The molecule has 0 saturated heterocycles. The summed E-state index contributed by atoms with van der Waals surface area (Å²) in [5.41, 5.74) is 3.27. The summed E-state index contributed by atoms with van der Waals surface area (Å²) in [4.78, 5) is 11.2. The van der Waals surface area contributed by atoms with Gasteiger partial charge in [0.1, 0.15) is 5.82 Å². The van der Waals surface area contributed by atoms with Crippen molar-refractivity contribution < 1.29 is 0 Å². The van der Waals surface area contributed by atoms with E-state index in [4.69, 9.17) is 11.6 Å². The minimum atomic E-state index is 0. The van der Waals surface area contributed by atoms with Crippen LogP contribution in [0.4, 0.5) is 5.82 Å². The second-order valence-corrected chi connectivity index (χ2v) is 5.96. The lowest BCUT2D eigenvalue weighted by Crippen LogP contribution is -2.25. The predicted octanol–water partition coefficient (Wildman–Crippen LogP) is 4.47. The Balaban J connectivity index is 0.00000264. The summed E-state index contributed by atoms with van der Waals surface area (Å²) < 4.78 is 0. The largest absolute Gasteiger partial charge is 0.369 e. The van der Waals surface area contributed by atoms with E-state index in [9.17, 15) is 0 Å². The average Bonchev–Trinajstić information content (AvgIpc) is 2.48. The van der Waals surface area contributed by atoms with Gasteiger partial charge >= 0.3 is 0 Å². The number of aromatic nitrogens is 2. The van der Waals surface area contributed by atoms with E-state index in [1.54, 1.807) is 0 Å². The lowest BCUT2D eigenvalue weighted by molar-refractivity contribution is 0.303. The molecular weight excluding hydrogens is 331 g/mol. The topological polar surface area (TPSA) is 41.0 Å². The summed E-state index contributed by atoms with van der Waals surface area (Å²) >= 11 is 6.07. The summed E-state index contributed by atoms with van der Waals surface area (Å²) in [6.45, 7) is 12.7. The number of nitrogens with one attached hydrogen (secondary N) is 1. The molecule has 0 atom stereocenters. The molecule has 0 spiro atoms. The second-order valence-electron chi connectivity index (χ2n) is 5.63. The summed E-state index contributed by atoms with van der Waals surface area (Å²) in [6.07, 6.45) is 1.08. The van der Waals surface area contributed by atoms with Crippen LogP contribution in [0.2, 0.25) is 5.28 Å². The van der Waals surface area contributed by atoms with Crippen molar-refractivity contribution in [3.63, 3.8) is 0 Å². The minimum absolute atomic E-state index is 0. The Morgan fingerprint density at radius 2 is 1.83 bits per heavy atom. The molecule has 1 aromatic carbocycles. The first-order valence-electron chi connectivity index (χ1n) is 7.95. The Kier molecular flexibility index (Phi) is 8.03. The molecule has 0 radical (unpaired) electrons. The Hall–Kier alpha value is -1.10. The van der Waals surface area contributed by atoms with Gasteiger partial charge in [-0.3, -0.25) is 0 Å². The van der Waals surface area contributed by atoms with Crippen molar-refractivity contribution >= 4 is 40.7 Å². The van der Waals surface area contributed by atoms with Gasteiger partial charge in [0, 0.05) is 11.9 Å². The Morgan fingerprint density at radius 1 is 1.13 bits per heavy atom. The van der Waals surface area contributed by atoms with Gasteiger partial charge < -0.3 is 10.2 Å². The molecule has 2 rings (SSSR count). The van der Waals surface area contributed by atoms with Crippen molar-refractivity contribution in [1.29, 1.82) is 0 Å². The molecule has 2 aromatic rings. The maximum atomic E-state index is 6.07. The maximum absolute atomic E-state index is 6.07. The first kappa shape index (κ1) is 19.9. The van der Waals surface area contributed by atoms with Crippen molar-refractivity contribution in [2.75, 3.05) is 31.5 Å². The molecule has 1 heterocycles. The van der Waals surface area contributed by atoms with Crippen LogP contribution >= 0.6 is 24.0 Å². The highest BCUT2D eigenvalue weighted by atomic mass is 35.5. The Morgan fingerprint density at radius 3 is 2.48 bits per heavy atom. The van der Waals surface area contributed by atoms with Gasteiger partial charge in [-0.05, 0) is 68.7 Å². The van der Waals surface area contributed by atoms with Crippen LogP contribution in [0.15, 0.2) is 12.1 Å². The SMILES string of the molecule is CCN(CC)CCCNc1nc(Cl)nc2c(C)cc(C)cc12.Cl. The fraction of sp³-hybridized carbons (Fsp3) is 0.529. The average molecular weight is 357 g/mol. The van der Waals surface area contributed by atoms with Crippen molar-refractivity contribution in [3.05, 3.63) is 28.5 Å². The lowest BCUT2D eigenvalue weighted by Gasteiger charge is -2.18. The standard InChI is InChI=1S/C17H25ClN4.ClH/c1-5-22(6-2)9-7-8-19-16-14-11-12(3)10-13(4)15(14)20-17(18)21-16;/h10-11H,5-9H2,1-4H3,(H,19,20,21);1H. The lowest BCUT2D eigenvalue weighted by atomic mass is 10.1. The molecule has 0 aliphatic carbocycles. The van der Waals surface area contributed by atoms with Crippen LogP contribution in [0.3, 0.4) is 0 Å². The molecule has 0 saturated carbocycles. The summed E-state index contributed by atoms with van der Waals surface area (Å²) in [5.74, 6) is 0.835. The Labute approximate surface area is 150 Å². The highest BCUT2D eigenvalue weighted by Crippen LogP contribution is 2.26. The van der Waals surface area contributed by atoms with E-state index < -0.39 is 0 Å². The van der Waals surface area contributed by atoms with Crippen molar-refractivity contribution in [2.45, 2.75) is 34.1 Å². The summed E-state index contributed by atoms with van der Waals surface area (Å²) in [5, 5.41) is 4.77. The number of benzene rings is 1. The number of rotatable bonds is 7. The molecule has 0 aliphatic rings. The molecule has 0 unspecified atom stereocenters. The quantitative estimate of drug-likeness (QED) is 0.587. The highest BCUT2D eigenvalue weighted by molar-refractivity contribution is 6.28. The molecule has 0 bridgehead atoms. The molecule has 1 aromatic heterocycles. The van der Waals surface area contributed by atoms with Gasteiger partial charge in [-0.15, -0.1) is 12.4 Å². The zero-order valence-electron chi connectivity index (χ0n) is 14.3. The van der Waals surface area contributed by atoms with Crippen LogP contribution < -0.4 is 5.32 Å². The van der Waals surface area contributed by atoms with Crippen LogP contribution in [-0.4, -0.2) is 41.0 Å². The van der Waals surface area contributed by atoms with E-state index in [1.165, 1.54) is 5.56 Å². The number of fused-ring (bicyclic) bond motifs is 1. The van der Waals surface area contributed by atoms with E-state index in [0.717, 1.165) is 54.9 Å². The van der Waals surface area contributed by atoms with Crippen LogP contribution in [0.5, 0.6) is 0 Å². The third-order valence-corrected chi connectivity index (χ3v) is 4.12. The van der Waals surface area contributed by atoms with Gasteiger partial charge in [0.05, 0.1) is 5.52 Å². The monoisotopic (exact) mass is 356 g/mol. The maximum Gasteiger partial charge on any atom is 0.224 e. The van der Waals surface area contributed by atoms with Crippen LogP contribution in [0.25, 0.3) is 10.9 Å². The van der Waals surface area contributed by atoms with Crippen LogP contribution in [-0.2, 0) is 0 Å². The van der Waals surface area contributed by atoms with Gasteiger partial charge in [-0.25, -0.2) is 9.97 Å². The van der Waals surface area contributed by atoms with E-state index in [-0.39, 0.29) is 12.4 Å². The second kappa shape index (κ2) is 9.26. The zero-order chi connectivity index (χ0) is 16.1. The van der Waals surface area contributed by atoms with Crippen LogP contribution in [0, 0.1) is 13.8 Å². The molecular formula is C17H26Cl2N4. The fourth-order valence-corrected chi connectivity index (χ4v) is 2.91. The Bertz CT molecular complexity index is 642. The first-order valence-corrected chi connectivity index (χ1v) is 8.33. The first-order chi connectivity index (χ1) is 10.5. The van der Waals surface area contributed by atoms with Crippen molar-refractivity contribution in [3.8, 4) is 0 Å². The van der Waals surface area contributed by atoms with Crippen molar-refractivity contribution in [2.24, 2.45) is 0 Å². The van der Waals surface area contributed by atoms with Gasteiger partial charge in [0.2, 0.25) is 5.28 Å². The van der Waals surface area contributed by atoms with E-state index in [1.807, 2.05) is 0 Å². The molecule has 128 valence electrons.